The fourth-order valence-electron chi connectivity index (χ4n) is 4.16. The van der Waals surface area contributed by atoms with Crippen molar-refractivity contribution in [2.75, 3.05) is 19.7 Å². The Morgan fingerprint density at radius 2 is 1.76 bits per heavy atom. The first-order chi connectivity index (χ1) is 16.4. The molecule has 1 N–H and O–H groups in total. The van der Waals surface area contributed by atoms with Crippen LogP contribution >= 0.6 is 23.2 Å². The van der Waals surface area contributed by atoms with Gasteiger partial charge in [0.1, 0.15) is 17.3 Å². The van der Waals surface area contributed by atoms with Crippen molar-refractivity contribution in [2.45, 2.75) is 32.1 Å². The van der Waals surface area contributed by atoms with E-state index < -0.39 is 0 Å². The maximum Gasteiger partial charge on any atom is 0.260 e. The van der Waals surface area contributed by atoms with Crippen molar-refractivity contribution >= 4 is 29.1 Å². The molecule has 4 rings (SSSR count). The molecule has 1 fully saturated rings. The fraction of sp³-hybridized carbons (Fsp3) is 0.296. The van der Waals surface area contributed by atoms with Gasteiger partial charge in [-0.15, -0.1) is 0 Å². The van der Waals surface area contributed by atoms with E-state index >= 15 is 0 Å². The average Bonchev–Trinajstić information content (AvgIpc) is 2.77. The summed E-state index contributed by atoms with van der Waals surface area (Å²) in [5.41, 5.74) is 3.36. The van der Waals surface area contributed by atoms with E-state index in [1.807, 2.05) is 19.1 Å². The van der Waals surface area contributed by atoms with E-state index in [4.69, 9.17) is 27.9 Å². The van der Waals surface area contributed by atoms with Crippen LogP contribution in [0.25, 0.3) is 0 Å². The lowest BCUT2D eigenvalue weighted by Gasteiger charge is -2.30. The molecule has 178 valence electrons. The number of carbonyl (C=O) groups excluding carboxylic acids is 1. The lowest BCUT2D eigenvalue weighted by molar-refractivity contribution is -0.136. The van der Waals surface area contributed by atoms with Crippen LogP contribution in [0.1, 0.15) is 47.9 Å². The minimum atomic E-state index is -0.293. The first-order valence-electron chi connectivity index (χ1n) is 11.3. The average molecular weight is 502 g/mol. The van der Waals surface area contributed by atoms with E-state index in [1.165, 1.54) is 12.1 Å². The highest BCUT2D eigenvalue weighted by molar-refractivity contribution is 6.36. The third-order valence-electron chi connectivity index (χ3n) is 6.21. The van der Waals surface area contributed by atoms with Crippen LogP contribution < -0.4 is 4.74 Å². The largest absolute Gasteiger partial charge is 0.508 e. The third-order valence-corrected chi connectivity index (χ3v) is 6.89. The van der Waals surface area contributed by atoms with Crippen molar-refractivity contribution in [2.24, 2.45) is 0 Å². The summed E-state index contributed by atoms with van der Waals surface area (Å²) in [5, 5.41) is 11.4. The van der Waals surface area contributed by atoms with Crippen molar-refractivity contribution < 1.29 is 19.0 Å². The lowest BCUT2D eigenvalue weighted by atomic mass is 9.87. The SMILES string of the molecule is CCC(c1ccc(F)cc1)c1cc(Cc2c(Cl)cc(OCC(=O)N3CCC3)cc2Cl)ccc1O. The van der Waals surface area contributed by atoms with Gasteiger partial charge >= 0.3 is 0 Å². The highest BCUT2D eigenvalue weighted by atomic mass is 35.5. The molecule has 7 heteroatoms. The van der Waals surface area contributed by atoms with E-state index in [9.17, 15) is 14.3 Å². The number of benzene rings is 3. The van der Waals surface area contributed by atoms with Gasteiger partial charge in [0.05, 0.1) is 0 Å². The van der Waals surface area contributed by atoms with Crippen LogP contribution in [0, 0.1) is 5.82 Å². The van der Waals surface area contributed by atoms with Gasteiger partial charge in [-0.25, -0.2) is 4.39 Å². The van der Waals surface area contributed by atoms with Crippen molar-refractivity contribution in [1.82, 2.24) is 4.90 Å². The molecule has 1 atom stereocenters. The van der Waals surface area contributed by atoms with Gasteiger partial charge in [-0.3, -0.25) is 4.79 Å². The smallest absolute Gasteiger partial charge is 0.260 e. The van der Waals surface area contributed by atoms with Crippen molar-refractivity contribution in [3.8, 4) is 11.5 Å². The topological polar surface area (TPSA) is 49.8 Å². The van der Waals surface area contributed by atoms with E-state index in [-0.39, 0.29) is 30.0 Å². The van der Waals surface area contributed by atoms with E-state index in [0.717, 1.165) is 48.2 Å². The summed E-state index contributed by atoms with van der Waals surface area (Å²) in [5.74, 6) is 0.212. The number of rotatable bonds is 8. The Labute approximate surface area is 208 Å². The van der Waals surface area contributed by atoms with Crippen LogP contribution in [0.2, 0.25) is 10.0 Å². The second-order valence-electron chi connectivity index (χ2n) is 8.47. The van der Waals surface area contributed by atoms with Crippen LogP contribution in [0.3, 0.4) is 0 Å². The van der Waals surface area contributed by atoms with Gasteiger partial charge in [0.15, 0.2) is 6.61 Å². The molecule has 0 aliphatic carbocycles. The fourth-order valence-corrected chi connectivity index (χ4v) is 4.76. The van der Waals surface area contributed by atoms with Crippen molar-refractivity contribution in [3.63, 3.8) is 0 Å². The van der Waals surface area contributed by atoms with Crippen LogP contribution in [0.5, 0.6) is 11.5 Å². The van der Waals surface area contributed by atoms with Crippen LogP contribution in [0.15, 0.2) is 54.6 Å². The van der Waals surface area contributed by atoms with Gasteiger partial charge in [0.2, 0.25) is 0 Å². The zero-order valence-corrected chi connectivity index (χ0v) is 20.4. The van der Waals surface area contributed by atoms with Crippen LogP contribution in [0.4, 0.5) is 4.39 Å². The predicted molar refractivity (Wildman–Crippen MR) is 133 cm³/mol. The second kappa shape index (κ2) is 10.7. The molecule has 3 aromatic carbocycles. The summed E-state index contributed by atoms with van der Waals surface area (Å²) in [7, 11) is 0. The Morgan fingerprint density at radius 3 is 2.35 bits per heavy atom. The number of hydrogen-bond donors (Lipinski definition) is 1. The number of aromatic hydroxyl groups is 1. The molecular formula is C27H26Cl2FNO3. The number of likely N-dealkylation sites (tertiary alicyclic amines) is 1. The van der Waals surface area contributed by atoms with Crippen LogP contribution in [-0.2, 0) is 11.2 Å². The molecule has 0 saturated carbocycles. The molecule has 1 saturated heterocycles. The molecule has 34 heavy (non-hydrogen) atoms. The maximum atomic E-state index is 13.4. The Balaban J connectivity index is 1.53. The molecule has 0 bridgehead atoms. The normalized spacial score (nSPS) is 13.9. The number of nitrogens with zero attached hydrogens (tertiary/aromatic N) is 1. The number of hydrogen-bond acceptors (Lipinski definition) is 3. The Kier molecular flexibility index (Phi) is 7.64. The summed E-state index contributed by atoms with van der Waals surface area (Å²) in [4.78, 5) is 13.8. The Morgan fingerprint density at radius 1 is 1.09 bits per heavy atom. The molecule has 1 heterocycles. The van der Waals surface area contributed by atoms with Gasteiger partial charge in [-0.1, -0.05) is 54.4 Å². The molecule has 3 aromatic rings. The van der Waals surface area contributed by atoms with Gasteiger partial charge < -0.3 is 14.7 Å². The molecule has 1 unspecified atom stereocenters. The summed E-state index contributed by atoms with van der Waals surface area (Å²) in [6.07, 6.45) is 2.23. The number of phenols is 1. The van der Waals surface area contributed by atoms with Crippen LogP contribution in [-0.4, -0.2) is 35.6 Å². The molecule has 4 nitrogen and oxygen atoms in total. The van der Waals surface area contributed by atoms with E-state index in [0.29, 0.717) is 22.2 Å². The minimum absolute atomic E-state index is 0.0465. The quantitative estimate of drug-likeness (QED) is 0.379. The van der Waals surface area contributed by atoms with E-state index in [2.05, 4.69) is 0 Å². The molecule has 1 aliphatic rings. The predicted octanol–water partition coefficient (Wildman–Crippen LogP) is 6.58. The Bertz CT molecular complexity index is 1160. The molecular weight excluding hydrogens is 476 g/mol. The number of carbonyl (C=O) groups is 1. The third kappa shape index (κ3) is 5.48. The monoisotopic (exact) mass is 501 g/mol. The first kappa shape index (κ1) is 24.4. The standard InChI is InChI=1S/C27H26Cl2FNO3/c1-2-21(18-5-7-19(30)8-6-18)22-12-17(4-9-26(22)32)13-23-24(28)14-20(15-25(23)29)34-16-27(33)31-10-3-11-31/h4-9,12,14-15,21,32H,2-3,10-11,13,16H2,1H3. The molecule has 1 aliphatic heterocycles. The number of ether oxygens (including phenoxy) is 1. The molecule has 0 spiro atoms. The first-order valence-corrected chi connectivity index (χ1v) is 12.1. The van der Waals surface area contributed by atoms with Gasteiger partial charge in [0, 0.05) is 41.0 Å². The van der Waals surface area contributed by atoms with Gasteiger partial charge in [0.25, 0.3) is 5.91 Å². The zero-order valence-electron chi connectivity index (χ0n) is 18.9. The molecule has 0 radical (unpaired) electrons. The highest BCUT2D eigenvalue weighted by Crippen LogP contribution is 2.37. The van der Waals surface area contributed by atoms with Gasteiger partial charge in [-0.2, -0.15) is 0 Å². The lowest BCUT2D eigenvalue weighted by Crippen LogP contribution is -2.44. The van der Waals surface area contributed by atoms with Crippen molar-refractivity contribution in [3.05, 3.63) is 92.7 Å². The highest BCUT2D eigenvalue weighted by Gasteiger charge is 2.21. The second-order valence-corrected chi connectivity index (χ2v) is 9.29. The summed E-state index contributed by atoms with van der Waals surface area (Å²) >= 11 is 13.1. The molecule has 1 amide bonds. The Hall–Kier alpha value is -2.76. The van der Waals surface area contributed by atoms with E-state index in [1.54, 1.807) is 35.2 Å². The minimum Gasteiger partial charge on any atom is -0.508 e. The maximum absolute atomic E-state index is 13.4. The number of amides is 1. The molecule has 0 aromatic heterocycles. The zero-order chi connectivity index (χ0) is 24.2. The summed E-state index contributed by atoms with van der Waals surface area (Å²) in [6, 6.07) is 15.1. The number of phenolic OH excluding ortho intramolecular Hbond substituents is 1. The van der Waals surface area contributed by atoms with Gasteiger partial charge in [-0.05, 0) is 59.9 Å². The summed E-state index contributed by atoms with van der Waals surface area (Å²) in [6.45, 7) is 3.53. The number of halogens is 3. The summed E-state index contributed by atoms with van der Waals surface area (Å²) < 4.78 is 19.0. The van der Waals surface area contributed by atoms with Crippen molar-refractivity contribution in [1.29, 1.82) is 0 Å².